The van der Waals surface area contributed by atoms with Gasteiger partial charge in [0.25, 0.3) is 0 Å². The molecule has 3 aliphatic rings. The SMILES string of the molecule is N#Cc1c(N2CCN(c3ccccc3)CC2)cc(-c2cccc3ccccc23)c2c1CCC1(C2)OCCO1. The van der Waals surface area contributed by atoms with E-state index in [2.05, 4.69) is 94.7 Å². The van der Waals surface area contributed by atoms with Crippen LogP contribution in [0.5, 0.6) is 0 Å². The number of nitrogens with zero attached hydrogens (tertiary/aromatic N) is 3. The maximum absolute atomic E-state index is 10.5. The van der Waals surface area contributed by atoms with Gasteiger partial charge in [0.15, 0.2) is 5.79 Å². The normalized spacial score (nSPS) is 18.5. The quantitative estimate of drug-likeness (QED) is 0.348. The maximum atomic E-state index is 10.5. The van der Waals surface area contributed by atoms with Crippen LogP contribution in [0.15, 0.2) is 78.9 Å². The topological polar surface area (TPSA) is 48.7 Å². The van der Waals surface area contributed by atoms with E-state index in [9.17, 15) is 5.26 Å². The van der Waals surface area contributed by atoms with Crippen molar-refractivity contribution in [2.45, 2.75) is 25.0 Å². The van der Waals surface area contributed by atoms with Crippen molar-refractivity contribution in [2.75, 3.05) is 49.2 Å². The lowest BCUT2D eigenvalue weighted by Gasteiger charge is -2.40. The van der Waals surface area contributed by atoms with Crippen molar-refractivity contribution in [3.8, 4) is 17.2 Å². The van der Waals surface area contributed by atoms with Crippen LogP contribution in [-0.4, -0.2) is 45.2 Å². The second-order valence-corrected chi connectivity index (χ2v) is 10.5. The Labute approximate surface area is 223 Å². The molecule has 1 aliphatic carbocycles. The molecule has 2 heterocycles. The van der Waals surface area contributed by atoms with Crippen LogP contribution in [0, 0.1) is 11.3 Å². The summed E-state index contributed by atoms with van der Waals surface area (Å²) in [5, 5.41) is 12.9. The Morgan fingerprint density at radius 1 is 0.737 bits per heavy atom. The number of ether oxygens (including phenoxy) is 2. The molecule has 4 aromatic rings. The number of rotatable bonds is 3. The van der Waals surface area contributed by atoms with Crippen LogP contribution in [0.4, 0.5) is 11.4 Å². The Hall–Kier alpha value is -3.85. The number of hydrogen-bond acceptors (Lipinski definition) is 5. The van der Waals surface area contributed by atoms with Gasteiger partial charge in [-0.2, -0.15) is 5.26 Å². The van der Waals surface area contributed by atoms with Gasteiger partial charge in [-0.05, 0) is 57.6 Å². The van der Waals surface area contributed by atoms with Crippen LogP contribution in [0.1, 0.15) is 23.1 Å². The summed E-state index contributed by atoms with van der Waals surface area (Å²) >= 11 is 0. The van der Waals surface area contributed by atoms with Gasteiger partial charge in [-0.1, -0.05) is 60.7 Å². The van der Waals surface area contributed by atoms with Crippen LogP contribution in [0.25, 0.3) is 21.9 Å². The van der Waals surface area contributed by atoms with E-state index in [1.54, 1.807) is 0 Å². The number of piperazine rings is 1. The second-order valence-electron chi connectivity index (χ2n) is 10.5. The van der Waals surface area contributed by atoms with Crippen LogP contribution in [0.2, 0.25) is 0 Å². The van der Waals surface area contributed by atoms with E-state index in [1.165, 1.54) is 38.7 Å². The molecule has 0 bridgehead atoms. The standard InChI is InChI=1S/C33H31N3O2/c34-23-31-28-13-14-33(37-19-20-38-33)22-30(28)29(27-12-6-8-24-7-4-5-11-26(24)27)21-32(31)36-17-15-35(16-18-36)25-9-2-1-3-10-25/h1-12,21H,13-20,22H2. The molecule has 0 saturated carbocycles. The monoisotopic (exact) mass is 501 g/mol. The Morgan fingerprint density at radius 3 is 2.24 bits per heavy atom. The molecule has 5 nitrogen and oxygen atoms in total. The number of nitriles is 1. The van der Waals surface area contributed by atoms with E-state index in [0.29, 0.717) is 19.6 Å². The third-order valence-corrected chi connectivity index (χ3v) is 8.48. The largest absolute Gasteiger partial charge is 0.368 e. The van der Waals surface area contributed by atoms with Gasteiger partial charge in [0, 0.05) is 44.7 Å². The fourth-order valence-electron chi connectivity index (χ4n) is 6.58. The predicted molar refractivity (Wildman–Crippen MR) is 152 cm³/mol. The first-order chi connectivity index (χ1) is 18.7. The number of benzene rings is 4. The van der Waals surface area contributed by atoms with E-state index in [1.807, 2.05) is 0 Å². The average molecular weight is 502 g/mol. The zero-order chi connectivity index (χ0) is 25.5. The molecule has 2 saturated heterocycles. The lowest BCUT2D eigenvalue weighted by molar-refractivity contribution is -0.163. The van der Waals surface area contributed by atoms with Gasteiger partial charge in [-0.15, -0.1) is 0 Å². The molecule has 2 fully saturated rings. The van der Waals surface area contributed by atoms with Crippen molar-refractivity contribution in [3.05, 3.63) is 95.6 Å². The molecule has 1 spiro atoms. The second kappa shape index (κ2) is 9.47. The lowest BCUT2D eigenvalue weighted by atomic mass is 9.79. The Bertz CT molecular complexity index is 1520. The van der Waals surface area contributed by atoms with Gasteiger partial charge in [0.2, 0.25) is 0 Å². The molecule has 7 rings (SSSR count). The van der Waals surface area contributed by atoms with Crippen LogP contribution in [0.3, 0.4) is 0 Å². The van der Waals surface area contributed by atoms with Crippen molar-refractivity contribution in [3.63, 3.8) is 0 Å². The summed E-state index contributed by atoms with van der Waals surface area (Å²) in [5.74, 6) is -0.568. The predicted octanol–water partition coefficient (Wildman–Crippen LogP) is 5.94. The molecule has 38 heavy (non-hydrogen) atoms. The van der Waals surface area contributed by atoms with Gasteiger partial charge in [-0.3, -0.25) is 0 Å². The van der Waals surface area contributed by atoms with E-state index in [-0.39, 0.29) is 0 Å². The summed E-state index contributed by atoms with van der Waals surface area (Å²) in [6, 6.07) is 30.6. The zero-order valence-electron chi connectivity index (χ0n) is 21.5. The highest BCUT2D eigenvalue weighted by atomic mass is 16.7. The summed E-state index contributed by atoms with van der Waals surface area (Å²) in [6.45, 7) is 4.89. The van der Waals surface area contributed by atoms with Crippen molar-refractivity contribution in [2.24, 2.45) is 0 Å². The van der Waals surface area contributed by atoms with Crippen molar-refractivity contribution < 1.29 is 9.47 Å². The first-order valence-corrected chi connectivity index (χ1v) is 13.6. The van der Waals surface area contributed by atoms with E-state index < -0.39 is 5.79 Å². The fraction of sp³-hybridized carbons (Fsp3) is 0.303. The van der Waals surface area contributed by atoms with Gasteiger partial charge in [0.1, 0.15) is 6.07 Å². The van der Waals surface area contributed by atoms with E-state index >= 15 is 0 Å². The molecule has 0 unspecified atom stereocenters. The lowest BCUT2D eigenvalue weighted by Crippen LogP contribution is -2.47. The first kappa shape index (κ1) is 23.3. The minimum absolute atomic E-state index is 0.568. The number of fused-ring (bicyclic) bond motifs is 2. The van der Waals surface area contributed by atoms with Gasteiger partial charge in [0.05, 0.1) is 24.5 Å². The Kier molecular flexibility index (Phi) is 5.80. The van der Waals surface area contributed by atoms with Crippen molar-refractivity contribution in [1.82, 2.24) is 0 Å². The summed E-state index contributed by atoms with van der Waals surface area (Å²) < 4.78 is 12.3. The molecule has 2 aliphatic heterocycles. The zero-order valence-corrected chi connectivity index (χ0v) is 21.5. The molecule has 5 heteroatoms. The third kappa shape index (κ3) is 3.93. The van der Waals surface area contributed by atoms with Gasteiger partial charge < -0.3 is 19.3 Å². The van der Waals surface area contributed by atoms with Crippen LogP contribution < -0.4 is 9.80 Å². The van der Waals surface area contributed by atoms with Crippen LogP contribution in [-0.2, 0) is 22.3 Å². The molecule has 190 valence electrons. The summed E-state index contributed by atoms with van der Waals surface area (Å²) in [7, 11) is 0. The molecular weight excluding hydrogens is 470 g/mol. The molecule has 0 atom stereocenters. The van der Waals surface area contributed by atoms with E-state index in [0.717, 1.165) is 50.3 Å². The Balaban J connectivity index is 1.34. The maximum Gasteiger partial charge on any atom is 0.172 e. The Morgan fingerprint density at radius 2 is 1.45 bits per heavy atom. The molecule has 4 aromatic carbocycles. The average Bonchev–Trinajstić information content (AvgIpc) is 3.44. The smallest absolute Gasteiger partial charge is 0.172 e. The van der Waals surface area contributed by atoms with Crippen molar-refractivity contribution >= 4 is 22.1 Å². The highest BCUT2D eigenvalue weighted by Crippen LogP contribution is 2.45. The third-order valence-electron chi connectivity index (χ3n) is 8.48. The minimum atomic E-state index is -0.568. The summed E-state index contributed by atoms with van der Waals surface area (Å²) in [4.78, 5) is 4.85. The van der Waals surface area contributed by atoms with Crippen molar-refractivity contribution in [1.29, 1.82) is 5.26 Å². The van der Waals surface area contributed by atoms with Crippen LogP contribution >= 0.6 is 0 Å². The van der Waals surface area contributed by atoms with E-state index in [4.69, 9.17) is 9.47 Å². The number of anilines is 2. The minimum Gasteiger partial charge on any atom is -0.368 e. The fourth-order valence-corrected chi connectivity index (χ4v) is 6.58. The highest BCUT2D eigenvalue weighted by Gasteiger charge is 2.42. The molecule has 0 aromatic heterocycles. The van der Waals surface area contributed by atoms with Gasteiger partial charge >= 0.3 is 0 Å². The molecule has 0 radical (unpaired) electrons. The number of para-hydroxylation sites is 1. The highest BCUT2D eigenvalue weighted by molar-refractivity contribution is 5.98. The van der Waals surface area contributed by atoms with Gasteiger partial charge in [-0.25, -0.2) is 0 Å². The first-order valence-electron chi connectivity index (χ1n) is 13.6. The molecular formula is C33H31N3O2. The number of hydrogen-bond donors (Lipinski definition) is 0. The summed E-state index contributed by atoms with van der Waals surface area (Å²) in [6.07, 6.45) is 2.25. The molecule has 0 amide bonds. The summed E-state index contributed by atoms with van der Waals surface area (Å²) in [5.41, 5.74) is 7.94. The molecule has 0 N–H and O–H groups in total.